The molecule has 2 heterocycles. The molecule has 0 unspecified atom stereocenters. The molecule has 23 heavy (non-hydrogen) atoms. The van der Waals surface area contributed by atoms with Crippen LogP contribution in [0.1, 0.15) is 41.5 Å². The fourth-order valence-electron chi connectivity index (χ4n) is 2.67. The van der Waals surface area contributed by atoms with E-state index in [4.69, 9.17) is 0 Å². The average Bonchev–Trinajstić information content (AvgIpc) is 3.11. The molecule has 10 heteroatoms. The molecule has 0 aromatic carbocycles. The largest absolute Gasteiger partial charge is 0.476 e. The molecule has 0 aliphatic heterocycles. The highest BCUT2D eigenvalue weighted by Gasteiger charge is 2.33. The summed E-state index contributed by atoms with van der Waals surface area (Å²) >= 11 is 0. The number of hydrogen-bond acceptors (Lipinski definition) is 5. The van der Waals surface area contributed by atoms with Crippen LogP contribution in [-0.4, -0.2) is 45.4 Å². The smallest absolute Gasteiger partial charge is 0.356 e. The van der Waals surface area contributed by atoms with Crippen molar-refractivity contribution < 1.29 is 18.3 Å². The third-order valence-electron chi connectivity index (χ3n) is 3.80. The summed E-state index contributed by atoms with van der Waals surface area (Å²) in [4.78, 5) is 11.4. The van der Waals surface area contributed by atoms with Crippen LogP contribution < -0.4 is 4.72 Å². The summed E-state index contributed by atoms with van der Waals surface area (Å²) in [5.74, 6) is -1.24. The van der Waals surface area contributed by atoms with Gasteiger partial charge in [-0.15, -0.1) is 9.19 Å². The van der Waals surface area contributed by atoms with Crippen molar-refractivity contribution in [3.05, 3.63) is 23.1 Å². The molecule has 0 bridgehead atoms. The maximum absolute atomic E-state index is 12.5. The first-order valence-corrected chi connectivity index (χ1v) is 8.77. The van der Waals surface area contributed by atoms with Crippen molar-refractivity contribution in [1.29, 1.82) is 0 Å². The molecule has 0 amide bonds. The zero-order chi connectivity index (χ0) is 16.6. The molecule has 0 fully saturated rings. The number of aromatic amines is 1. The van der Waals surface area contributed by atoms with Crippen LogP contribution >= 0.6 is 0 Å². The summed E-state index contributed by atoms with van der Waals surface area (Å²) in [6.07, 6.45) is 3.99. The first-order valence-electron chi connectivity index (χ1n) is 7.33. The highest BCUT2D eigenvalue weighted by molar-refractivity contribution is 7.88. The number of rotatable bonds is 6. The van der Waals surface area contributed by atoms with Gasteiger partial charge in [0.1, 0.15) is 0 Å². The SMILES string of the molecule is CCCCNS(=O)(=O)n1nc(C(=O)O)c2c1-c1cn[nH]c1CC2. The quantitative estimate of drug-likeness (QED) is 0.659. The van der Waals surface area contributed by atoms with Crippen LogP contribution in [-0.2, 0) is 23.1 Å². The number of carboxylic acid groups (broad SMARTS) is 1. The lowest BCUT2D eigenvalue weighted by Crippen LogP contribution is -2.32. The molecule has 1 aliphatic rings. The molecule has 0 spiro atoms. The molecule has 9 nitrogen and oxygen atoms in total. The van der Waals surface area contributed by atoms with Crippen LogP contribution in [0, 0.1) is 0 Å². The minimum atomic E-state index is -3.96. The predicted octanol–water partition coefficient (Wildman–Crippen LogP) is 0.553. The zero-order valence-electron chi connectivity index (χ0n) is 12.5. The van der Waals surface area contributed by atoms with E-state index in [-0.39, 0.29) is 17.9 Å². The van der Waals surface area contributed by atoms with Crippen LogP contribution in [0.3, 0.4) is 0 Å². The topological polar surface area (TPSA) is 130 Å². The number of carboxylic acids is 1. The van der Waals surface area contributed by atoms with Gasteiger partial charge in [0.05, 0.1) is 11.9 Å². The molecule has 0 atom stereocenters. The van der Waals surface area contributed by atoms with Gasteiger partial charge in [-0.1, -0.05) is 13.3 Å². The lowest BCUT2D eigenvalue weighted by Gasteiger charge is -2.14. The molecule has 2 aromatic heterocycles. The zero-order valence-corrected chi connectivity index (χ0v) is 13.4. The van der Waals surface area contributed by atoms with Crippen molar-refractivity contribution >= 4 is 16.2 Å². The molecule has 0 radical (unpaired) electrons. The van der Waals surface area contributed by atoms with E-state index < -0.39 is 16.2 Å². The first-order chi connectivity index (χ1) is 11.0. The molecule has 0 saturated heterocycles. The molecule has 1 aliphatic carbocycles. The van der Waals surface area contributed by atoms with Crippen molar-refractivity contribution in [3.8, 4) is 11.3 Å². The second kappa shape index (κ2) is 5.78. The van der Waals surface area contributed by atoms with Gasteiger partial charge in [0.2, 0.25) is 0 Å². The Labute approximate surface area is 132 Å². The Morgan fingerprint density at radius 2 is 2.26 bits per heavy atom. The molecule has 124 valence electrons. The van der Waals surface area contributed by atoms with Crippen molar-refractivity contribution in [3.63, 3.8) is 0 Å². The van der Waals surface area contributed by atoms with Crippen molar-refractivity contribution in [2.75, 3.05) is 6.54 Å². The van der Waals surface area contributed by atoms with E-state index in [1.54, 1.807) is 0 Å². The standard InChI is InChI=1S/C13H17N5O4S/c1-2-3-6-15-23(21,22)18-12-8(11(17-18)13(19)20)4-5-10-9(12)7-14-16-10/h7,15H,2-6H2,1H3,(H,14,16)(H,19,20). The van der Waals surface area contributed by atoms with E-state index in [0.717, 1.165) is 16.2 Å². The monoisotopic (exact) mass is 339 g/mol. The summed E-state index contributed by atoms with van der Waals surface area (Å²) in [6, 6.07) is 0. The molecule has 0 saturated carbocycles. The fraction of sp³-hybridized carbons (Fsp3) is 0.462. The summed E-state index contributed by atoms with van der Waals surface area (Å²) in [5, 5.41) is 19.9. The number of unbranched alkanes of at least 4 members (excludes halogenated alkanes) is 1. The highest BCUT2D eigenvalue weighted by atomic mass is 32.2. The van der Waals surface area contributed by atoms with Crippen LogP contribution in [0.2, 0.25) is 0 Å². The van der Waals surface area contributed by atoms with Crippen molar-refractivity contribution in [2.24, 2.45) is 0 Å². The summed E-state index contributed by atoms with van der Waals surface area (Å²) in [6.45, 7) is 2.22. The Kier molecular flexibility index (Phi) is 3.94. The van der Waals surface area contributed by atoms with Gasteiger partial charge in [-0.05, 0) is 19.3 Å². The number of fused-ring (bicyclic) bond motifs is 3. The number of aromatic carboxylic acids is 1. The Morgan fingerprint density at radius 1 is 1.48 bits per heavy atom. The second-order valence-corrected chi connectivity index (χ2v) is 6.92. The van der Waals surface area contributed by atoms with Crippen LogP contribution in [0.5, 0.6) is 0 Å². The van der Waals surface area contributed by atoms with Gasteiger partial charge in [0.25, 0.3) is 0 Å². The number of aromatic nitrogens is 4. The third-order valence-corrected chi connectivity index (χ3v) is 5.09. The van der Waals surface area contributed by atoms with Gasteiger partial charge in [0, 0.05) is 23.4 Å². The van der Waals surface area contributed by atoms with Gasteiger partial charge in [-0.2, -0.15) is 18.2 Å². The summed E-state index contributed by atoms with van der Waals surface area (Å²) < 4.78 is 28.3. The van der Waals surface area contributed by atoms with Crippen molar-refractivity contribution in [1.82, 2.24) is 24.1 Å². The Bertz CT molecular complexity index is 852. The lowest BCUT2D eigenvalue weighted by molar-refractivity contribution is 0.0689. The van der Waals surface area contributed by atoms with Crippen LogP contribution in [0.15, 0.2) is 6.20 Å². The first kappa shape index (κ1) is 15.7. The number of carbonyl (C=O) groups is 1. The van der Waals surface area contributed by atoms with Gasteiger partial charge < -0.3 is 5.11 Å². The van der Waals surface area contributed by atoms with Gasteiger partial charge in [-0.3, -0.25) is 5.10 Å². The normalized spacial score (nSPS) is 13.6. The van der Waals surface area contributed by atoms with E-state index in [9.17, 15) is 18.3 Å². The number of hydrogen-bond donors (Lipinski definition) is 3. The van der Waals surface area contributed by atoms with E-state index in [1.165, 1.54) is 6.20 Å². The number of H-pyrrole nitrogens is 1. The second-order valence-electron chi connectivity index (χ2n) is 5.34. The maximum atomic E-state index is 12.5. The fourth-order valence-corrected chi connectivity index (χ4v) is 3.84. The number of nitrogens with one attached hydrogen (secondary N) is 2. The van der Waals surface area contributed by atoms with E-state index in [2.05, 4.69) is 20.0 Å². The van der Waals surface area contributed by atoms with Gasteiger partial charge >= 0.3 is 16.2 Å². The van der Waals surface area contributed by atoms with Gasteiger partial charge in [-0.25, -0.2) is 4.79 Å². The Morgan fingerprint density at radius 3 is 2.96 bits per heavy atom. The predicted molar refractivity (Wildman–Crippen MR) is 81.4 cm³/mol. The van der Waals surface area contributed by atoms with E-state index >= 15 is 0 Å². The van der Waals surface area contributed by atoms with Crippen molar-refractivity contribution in [2.45, 2.75) is 32.6 Å². The van der Waals surface area contributed by atoms with E-state index in [1.807, 2.05) is 6.92 Å². The minimum absolute atomic E-state index is 0.229. The summed E-state index contributed by atoms with van der Waals surface area (Å²) in [5.41, 5.74) is 1.83. The third kappa shape index (κ3) is 2.63. The highest BCUT2D eigenvalue weighted by Crippen LogP contribution is 2.34. The Hall–Kier alpha value is -2.20. The molecule has 3 N–H and O–H groups in total. The summed E-state index contributed by atoms with van der Waals surface area (Å²) in [7, 11) is -3.96. The minimum Gasteiger partial charge on any atom is -0.476 e. The molecule has 2 aromatic rings. The Balaban J connectivity index is 2.14. The van der Waals surface area contributed by atoms with Gasteiger partial charge in [0.15, 0.2) is 5.69 Å². The molecular formula is C13H17N5O4S. The average molecular weight is 339 g/mol. The van der Waals surface area contributed by atoms with E-state index in [0.29, 0.717) is 30.4 Å². The maximum Gasteiger partial charge on any atom is 0.356 e. The molecule has 3 rings (SSSR count). The van der Waals surface area contributed by atoms with Crippen LogP contribution in [0.25, 0.3) is 11.3 Å². The lowest BCUT2D eigenvalue weighted by atomic mass is 9.94. The number of nitrogens with zero attached hydrogens (tertiary/aromatic N) is 3. The number of aryl methyl sites for hydroxylation is 1. The van der Waals surface area contributed by atoms with Crippen LogP contribution in [0.4, 0.5) is 0 Å². The molecular weight excluding hydrogens is 322 g/mol.